The largest absolute Gasteiger partial charge is 0.497 e. The van der Waals surface area contributed by atoms with Crippen molar-refractivity contribution in [1.29, 1.82) is 0 Å². The first-order valence-corrected chi connectivity index (χ1v) is 13.7. The summed E-state index contributed by atoms with van der Waals surface area (Å²) in [5.74, 6) is -0.224. The molecule has 0 saturated heterocycles. The van der Waals surface area contributed by atoms with Gasteiger partial charge in [-0.2, -0.15) is 0 Å². The van der Waals surface area contributed by atoms with Gasteiger partial charge in [0.15, 0.2) is 0 Å². The molecule has 0 aromatic heterocycles. The first kappa shape index (κ1) is 31.7. The van der Waals surface area contributed by atoms with Crippen LogP contribution in [-0.2, 0) is 14.3 Å². The Hall–Kier alpha value is -3.55. The molecule has 0 heterocycles. The van der Waals surface area contributed by atoms with Gasteiger partial charge in [-0.25, -0.2) is 4.79 Å². The van der Waals surface area contributed by atoms with Crippen molar-refractivity contribution in [2.24, 2.45) is 5.92 Å². The predicted octanol–water partition coefficient (Wildman–Crippen LogP) is 6.25. The van der Waals surface area contributed by atoms with Crippen molar-refractivity contribution in [3.8, 4) is 5.75 Å². The molecule has 0 radical (unpaired) electrons. The molecular weight excluding hydrogens is 494 g/mol. The van der Waals surface area contributed by atoms with Gasteiger partial charge in [-0.05, 0) is 75.4 Å². The number of hydrogen-bond acceptors (Lipinski definition) is 5. The molecule has 2 unspecified atom stereocenters. The maximum Gasteiger partial charge on any atom is 0.408 e. The standard InChI is InChI=1S/C31H45N3O5/c1-9-10-13-20-34(29(36)26(21(2)3)33-30(37)39-31(5,6)7)27(25-15-12-11-14-22(25)4)28(35)32-23-16-18-24(38-8)19-17-23/h11-12,14-19,21,26-27H,9-10,13,20H2,1-8H3,(H,32,35)(H,33,37). The SMILES string of the molecule is CCCCCN(C(=O)C(NC(=O)OC(C)(C)C)C(C)C)C(C(=O)Nc1ccc(OC)cc1)c1ccccc1C. The number of anilines is 1. The number of carbonyl (C=O) groups excluding carboxylic acids is 3. The molecule has 0 saturated carbocycles. The lowest BCUT2D eigenvalue weighted by Crippen LogP contribution is -2.54. The van der Waals surface area contributed by atoms with Crippen LogP contribution in [0.4, 0.5) is 10.5 Å². The molecule has 214 valence electrons. The van der Waals surface area contributed by atoms with E-state index in [4.69, 9.17) is 9.47 Å². The van der Waals surface area contributed by atoms with E-state index in [0.717, 1.165) is 30.4 Å². The summed E-state index contributed by atoms with van der Waals surface area (Å²) in [4.78, 5) is 42.5. The zero-order chi connectivity index (χ0) is 29.2. The molecular formula is C31H45N3O5. The van der Waals surface area contributed by atoms with Gasteiger partial charge in [-0.15, -0.1) is 0 Å². The average molecular weight is 540 g/mol. The van der Waals surface area contributed by atoms with Crippen molar-refractivity contribution in [1.82, 2.24) is 10.2 Å². The van der Waals surface area contributed by atoms with E-state index in [1.807, 2.05) is 45.0 Å². The smallest absolute Gasteiger partial charge is 0.408 e. The van der Waals surface area contributed by atoms with Gasteiger partial charge in [-0.3, -0.25) is 9.59 Å². The molecule has 2 atom stereocenters. The van der Waals surface area contributed by atoms with E-state index in [-0.39, 0.29) is 17.7 Å². The summed E-state index contributed by atoms with van der Waals surface area (Å²) < 4.78 is 10.7. The van der Waals surface area contributed by atoms with Crippen LogP contribution in [0.2, 0.25) is 0 Å². The number of nitrogens with one attached hydrogen (secondary N) is 2. The molecule has 2 aromatic carbocycles. The van der Waals surface area contributed by atoms with Crippen molar-refractivity contribution >= 4 is 23.6 Å². The number of benzene rings is 2. The van der Waals surface area contributed by atoms with Gasteiger partial charge in [0, 0.05) is 12.2 Å². The highest BCUT2D eigenvalue weighted by atomic mass is 16.6. The zero-order valence-electron chi connectivity index (χ0n) is 24.7. The Kier molecular flexibility index (Phi) is 11.8. The maximum absolute atomic E-state index is 14.2. The summed E-state index contributed by atoms with van der Waals surface area (Å²) >= 11 is 0. The van der Waals surface area contributed by atoms with E-state index in [2.05, 4.69) is 17.6 Å². The summed E-state index contributed by atoms with van der Waals surface area (Å²) in [6.07, 6.45) is 1.91. The second kappa shape index (κ2) is 14.6. The molecule has 0 aliphatic heterocycles. The molecule has 39 heavy (non-hydrogen) atoms. The number of unbranched alkanes of at least 4 members (excludes halogenated alkanes) is 2. The Morgan fingerprint density at radius 1 is 0.974 bits per heavy atom. The fourth-order valence-electron chi connectivity index (χ4n) is 4.25. The quantitative estimate of drug-likeness (QED) is 0.311. The maximum atomic E-state index is 14.2. The van der Waals surface area contributed by atoms with Gasteiger partial charge in [0.25, 0.3) is 5.91 Å². The van der Waals surface area contributed by atoms with Crippen LogP contribution in [0.5, 0.6) is 5.75 Å². The highest BCUT2D eigenvalue weighted by Crippen LogP contribution is 2.29. The highest BCUT2D eigenvalue weighted by Gasteiger charge is 2.37. The minimum atomic E-state index is -0.903. The number of nitrogens with zero attached hydrogens (tertiary/aromatic N) is 1. The predicted molar refractivity (Wildman–Crippen MR) is 155 cm³/mol. The van der Waals surface area contributed by atoms with Crippen LogP contribution in [0.15, 0.2) is 48.5 Å². The number of rotatable bonds is 12. The lowest BCUT2D eigenvalue weighted by molar-refractivity contribution is -0.141. The van der Waals surface area contributed by atoms with E-state index in [1.54, 1.807) is 57.0 Å². The van der Waals surface area contributed by atoms with Crippen LogP contribution in [-0.4, -0.2) is 48.1 Å². The van der Waals surface area contributed by atoms with E-state index >= 15 is 0 Å². The second-order valence-electron chi connectivity index (χ2n) is 11.1. The summed E-state index contributed by atoms with van der Waals surface area (Å²) in [5.41, 5.74) is 1.50. The van der Waals surface area contributed by atoms with Crippen LogP contribution in [0.3, 0.4) is 0 Å². The molecule has 2 aromatic rings. The van der Waals surface area contributed by atoms with Gasteiger partial charge >= 0.3 is 6.09 Å². The molecule has 3 amide bonds. The molecule has 0 bridgehead atoms. The number of alkyl carbamates (subject to hydrolysis) is 1. The van der Waals surface area contributed by atoms with Crippen molar-refractivity contribution in [2.75, 3.05) is 19.0 Å². The topological polar surface area (TPSA) is 97.0 Å². The van der Waals surface area contributed by atoms with Crippen LogP contribution in [0.1, 0.15) is 78.0 Å². The van der Waals surface area contributed by atoms with Crippen molar-refractivity contribution in [3.63, 3.8) is 0 Å². The summed E-state index contributed by atoms with van der Waals surface area (Å²) in [6.45, 7) is 13.4. The van der Waals surface area contributed by atoms with E-state index in [9.17, 15) is 14.4 Å². The minimum Gasteiger partial charge on any atom is -0.497 e. The van der Waals surface area contributed by atoms with Crippen LogP contribution in [0.25, 0.3) is 0 Å². The van der Waals surface area contributed by atoms with Crippen LogP contribution in [0, 0.1) is 12.8 Å². The summed E-state index contributed by atoms with van der Waals surface area (Å²) in [5, 5.41) is 5.75. The molecule has 2 N–H and O–H groups in total. The lowest BCUT2D eigenvalue weighted by Gasteiger charge is -2.36. The third-order valence-electron chi connectivity index (χ3n) is 6.29. The molecule has 0 aliphatic rings. The normalized spacial score (nSPS) is 12.8. The Morgan fingerprint density at radius 2 is 1.62 bits per heavy atom. The molecule has 8 nitrogen and oxygen atoms in total. The van der Waals surface area contributed by atoms with E-state index in [1.165, 1.54) is 0 Å². The number of ether oxygens (including phenoxy) is 2. The summed E-state index contributed by atoms with van der Waals surface area (Å²) in [7, 11) is 1.58. The van der Waals surface area contributed by atoms with Crippen molar-refractivity contribution in [2.45, 2.75) is 85.4 Å². The zero-order valence-corrected chi connectivity index (χ0v) is 24.7. The number of methoxy groups -OCH3 is 1. The molecule has 8 heteroatoms. The number of aryl methyl sites for hydroxylation is 1. The highest BCUT2D eigenvalue weighted by molar-refractivity contribution is 5.99. The van der Waals surface area contributed by atoms with Gasteiger partial charge < -0.3 is 25.0 Å². The number of carbonyl (C=O) groups is 3. The molecule has 2 rings (SSSR count). The Morgan fingerprint density at radius 3 is 2.15 bits per heavy atom. The summed E-state index contributed by atoms with van der Waals surface area (Å²) in [6, 6.07) is 12.8. The lowest BCUT2D eigenvalue weighted by atomic mass is 9.95. The molecule has 0 fully saturated rings. The van der Waals surface area contributed by atoms with Crippen LogP contribution >= 0.6 is 0 Å². The average Bonchev–Trinajstić information content (AvgIpc) is 2.86. The fraction of sp³-hybridized carbons (Fsp3) is 0.516. The Balaban J connectivity index is 2.52. The van der Waals surface area contributed by atoms with Crippen LogP contribution < -0.4 is 15.4 Å². The Bertz CT molecular complexity index is 1090. The Labute approximate surface area is 233 Å². The fourth-order valence-corrected chi connectivity index (χ4v) is 4.25. The van der Waals surface area contributed by atoms with Gasteiger partial charge in [0.1, 0.15) is 23.4 Å². The van der Waals surface area contributed by atoms with Crippen molar-refractivity contribution in [3.05, 3.63) is 59.7 Å². The number of hydrogen-bond donors (Lipinski definition) is 2. The second-order valence-corrected chi connectivity index (χ2v) is 11.1. The first-order valence-electron chi connectivity index (χ1n) is 13.7. The molecule has 0 spiro atoms. The first-order chi connectivity index (χ1) is 18.4. The van der Waals surface area contributed by atoms with E-state index in [0.29, 0.717) is 18.0 Å². The minimum absolute atomic E-state index is 0.235. The van der Waals surface area contributed by atoms with Gasteiger partial charge in [0.05, 0.1) is 7.11 Å². The third kappa shape index (κ3) is 9.61. The van der Waals surface area contributed by atoms with Gasteiger partial charge in [-0.1, -0.05) is 57.9 Å². The molecule has 0 aliphatic carbocycles. The monoisotopic (exact) mass is 539 g/mol. The van der Waals surface area contributed by atoms with Crippen molar-refractivity contribution < 1.29 is 23.9 Å². The number of amides is 3. The van der Waals surface area contributed by atoms with E-state index < -0.39 is 23.8 Å². The van der Waals surface area contributed by atoms with Gasteiger partial charge in [0.2, 0.25) is 5.91 Å². The third-order valence-corrected chi connectivity index (χ3v) is 6.29.